The Kier molecular flexibility index (Phi) is 3.42. The summed E-state index contributed by atoms with van der Waals surface area (Å²) in [5.74, 6) is 0.533. The van der Waals surface area contributed by atoms with E-state index in [1.54, 1.807) is 0 Å². The van der Waals surface area contributed by atoms with E-state index in [1.165, 1.54) is 33.8 Å². The van der Waals surface area contributed by atoms with Crippen LogP contribution in [0.25, 0.3) is 0 Å². The molecule has 1 heterocycles. The summed E-state index contributed by atoms with van der Waals surface area (Å²) in [4.78, 5) is 2.40. The molecule has 0 fully saturated rings. The first-order valence-corrected chi connectivity index (χ1v) is 8.30. The largest absolute Gasteiger partial charge is 0.310 e. The fourth-order valence-electron chi connectivity index (χ4n) is 3.39. The lowest BCUT2D eigenvalue weighted by atomic mass is 9.94. The Bertz CT molecular complexity index is 802. The maximum atomic E-state index is 2.40. The predicted octanol–water partition coefficient (Wildman–Crippen LogP) is 6.18. The van der Waals surface area contributed by atoms with E-state index in [0.717, 1.165) is 6.42 Å². The van der Waals surface area contributed by atoms with Gasteiger partial charge in [0.1, 0.15) is 0 Å². The molecule has 0 bridgehead atoms. The molecule has 0 amide bonds. The first kappa shape index (κ1) is 14.1. The van der Waals surface area contributed by atoms with Crippen LogP contribution < -0.4 is 4.90 Å². The Labute approximate surface area is 138 Å². The molecule has 1 heteroatoms. The molecule has 0 saturated heterocycles. The van der Waals surface area contributed by atoms with Gasteiger partial charge in [-0.05, 0) is 46.9 Å². The molecule has 0 aromatic heterocycles. The van der Waals surface area contributed by atoms with E-state index in [2.05, 4.69) is 91.5 Å². The Hall–Kier alpha value is -2.54. The molecule has 3 aromatic carbocycles. The van der Waals surface area contributed by atoms with Crippen molar-refractivity contribution < 1.29 is 0 Å². The second-order valence-corrected chi connectivity index (χ2v) is 6.52. The molecule has 1 aliphatic rings. The predicted molar refractivity (Wildman–Crippen MR) is 98.0 cm³/mol. The van der Waals surface area contributed by atoms with E-state index < -0.39 is 0 Å². The van der Waals surface area contributed by atoms with Gasteiger partial charge in [0.15, 0.2) is 0 Å². The van der Waals surface area contributed by atoms with Crippen LogP contribution in [0.4, 0.5) is 17.1 Å². The van der Waals surface area contributed by atoms with Gasteiger partial charge in [-0.15, -0.1) is 0 Å². The average molecular weight is 299 g/mol. The number of rotatable bonds is 2. The van der Waals surface area contributed by atoms with Crippen molar-refractivity contribution in [3.8, 4) is 0 Å². The Morgan fingerprint density at radius 3 is 1.96 bits per heavy atom. The molecule has 0 saturated carbocycles. The molecule has 0 atom stereocenters. The van der Waals surface area contributed by atoms with Crippen molar-refractivity contribution in [2.75, 3.05) is 4.90 Å². The van der Waals surface area contributed by atoms with Crippen LogP contribution >= 0.6 is 0 Å². The number of fused-ring (bicyclic) bond motifs is 2. The number of hydrogen-bond donors (Lipinski definition) is 0. The average Bonchev–Trinajstić information content (AvgIpc) is 2.59. The zero-order valence-corrected chi connectivity index (χ0v) is 13.7. The van der Waals surface area contributed by atoms with Gasteiger partial charge in [-0.25, -0.2) is 0 Å². The maximum absolute atomic E-state index is 2.40. The van der Waals surface area contributed by atoms with E-state index >= 15 is 0 Å². The van der Waals surface area contributed by atoms with Crippen molar-refractivity contribution in [1.29, 1.82) is 0 Å². The van der Waals surface area contributed by atoms with E-state index in [9.17, 15) is 0 Å². The van der Waals surface area contributed by atoms with E-state index in [4.69, 9.17) is 0 Å². The first-order chi connectivity index (χ1) is 11.2. The quantitative estimate of drug-likeness (QED) is 0.427. The normalized spacial score (nSPS) is 12.9. The minimum absolute atomic E-state index is 0.533. The molecule has 3 aromatic rings. The minimum Gasteiger partial charge on any atom is -0.310 e. The van der Waals surface area contributed by atoms with Crippen LogP contribution in [0.2, 0.25) is 0 Å². The van der Waals surface area contributed by atoms with Gasteiger partial charge < -0.3 is 4.90 Å². The van der Waals surface area contributed by atoms with E-state index in [-0.39, 0.29) is 0 Å². The maximum Gasteiger partial charge on any atom is 0.0497 e. The van der Waals surface area contributed by atoms with Gasteiger partial charge in [0, 0.05) is 23.5 Å². The summed E-state index contributed by atoms with van der Waals surface area (Å²) >= 11 is 0. The lowest BCUT2D eigenvalue weighted by Gasteiger charge is -2.33. The molecule has 0 radical (unpaired) electrons. The highest BCUT2D eigenvalue weighted by Crippen LogP contribution is 2.43. The van der Waals surface area contributed by atoms with Crippen LogP contribution in [0.3, 0.4) is 0 Å². The molecule has 1 nitrogen and oxygen atoms in total. The van der Waals surface area contributed by atoms with Crippen LogP contribution in [0, 0.1) is 0 Å². The summed E-state index contributed by atoms with van der Waals surface area (Å²) in [5, 5.41) is 0. The van der Waals surface area contributed by atoms with Gasteiger partial charge in [-0.3, -0.25) is 0 Å². The molecule has 0 unspecified atom stereocenters. The summed E-state index contributed by atoms with van der Waals surface area (Å²) < 4.78 is 0. The van der Waals surface area contributed by atoms with E-state index in [1.807, 2.05) is 0 Å². The third kappa shape index (κ3) is 2.43. The van der Waals surface area contributed by atoms with Crippen LogP contribution in [0.5, 0.6) is 0 Å². The third-order valence-corrected chi connectivity index (χ3v) is 4.64. The van der Waals surface area contributed by atoms with Crippen molar-refractivity contribution in [2.45, 2.75) is 26.2 Å². The number of para-hydroxylation sites is 2. The van der Waals surface area contributed by atoms with Gasteiger partial charge >= 0.3 is 0 Å². The smallest absolute Gasteiger partial charge is 0.0497 e. The Morgan fingerprint density at radius 2 is 1.35 bits per heavy atom. The highest BCUT2D eigenvalue weighted by molar-refractivity contribution is 5.83. The fourth-order valence-corrected chi connectivity index (χ4v) is 3.39. The van der Waals surface area contributed by atoms with Crippen molar-refractivity contribution in [3.63, 3.8) is 0 Å². The van der Waals surface area contributed by atoms with Gasteiger partial charge in [-0.2, -0.15) is 0 Å². The molecule has 0 aliphatic carbocycles. The van der Waals surface area contributed by atoms with Crippen LogP contribution in [0.1, 0.15) is 36.5 Å². The molecular weight excluding hydrogens is 278 g/mol. The minimum atomic E-state index is 0.533. The topological polar surface area (TPSA) is 3.24 Å². The van der Waals surface area contributed by atoms with Crippen molar-refractivity contribution in [2.24, 2.45) is 0 Å². The summed E-state index contributed by atoms with van der Waals surface area (Å²) in [6.07, 6.45) is 1.01. The summed E-state index contributed by atoms with van der Waals surface area (Å²) in [6, 6.07) is 26.4. The van der Waals surface area contributed by atoms with Crippen molar-refractivity contribution in [3.05, 3.63) is 89.5 Å². The summed E-state index contributed by atoms with van der Waals surface area (Å²) in [5.41, 5.74) is 8.00. The molecule has 0 N–H and O–H groups in total. The lowest BCUT2D eigenvalue weighted by Crippen LogP contribution is -2.18. The number of nitrogens with zero attached hydrogens (tertiary/aromatic N) is 1. The second-order valence-electron chi connectivity index (χ2n) is 6.52. The monoisotopic (exact) mass is 299 g/mol. The third-order valence-electron chi connectivity index (χ3n) is 4.64. The SMILES string of the molecule is CC(C)c1cccc(N2c3ccccc3Cc3ccccc32)c1. The second kappa shape index (κ2) is 5.58. The number of anilines is 3. The standard InChI is InChI=1S/C22H21N/c1-16(2)17-10-7-11-20(15-17)23-21-12-5-3-8-18(21)14-19-9-4-6-13-22(19)23/h3-13,15-16H,14H2,1-2H3. The van der Waals surface area contributed by atoms with Gasteiger partial charge in [0.25, 0.3) is 0 Å². The molecule has 23 heavy (non-hydrogen) atoms. The van der Waals surface area contributed by atoms with Crippen molar-refractivity contribution in [1.82, 2.24) is 0 Å². The lowest BCUT2D eigenvalue weighted by molar-refractivity contribution is 0.866. The first-order valence-electron chi connectivity index (χ1n) is 8.30. The Morgan fingerprint density at radius 1 is 0.739 bits per heavy atom. The summed E-state index contributed by atoms with van der Waals surface area (Å²) in [6.45, 7) is 4.49. The van der Waals surface area contributed by atoms with Crippen LogP contribution in [0.15, 0.2) is 72.8 Å². The zero-order chi connectivity index (χ0) is 15.8. The fraction of sp³-hybridized carbons (Fsp3) is 0.182. The van der Waals surface area contributed by atoms with Crippen molar-refractivity contribution >= 4 is 17.1 Å². The molecule has 0 spiro atoms. The van der Waals surface area contributed by atoms with Gasteiger partial charge in [-0.1, -0.05) is 62.4 Å². The molecule has 4 rings (SSSR count). The molecule has 114 valence electrons. The van der Waals surface area contributed by atoms with Gasteiger partial charge in [0.05, 0.1) is 0 Å². The highest BCUT2D eigenvalue weighted by Gasteiger charge is 2.23. The van der Waals surface area contributed by atoms with Gasteiger partial charge in [0.2, 0.25) is 0 Å². The van der Waals surface area contributed by atoms with Crippen LogP contribution in [-0.4, -0.2) is 0 Å². The molecular formula is C22H21N. The Balaban J connectivity index is 1.93. The number of hydrogen-bond acceptors (Lipinski definition) is 1. The van der Waals surface area contributed by atoms with E-state index in [0.29, 0.717) is 5.92 Å². The highest BCUT2D eigenvalue weighted by atomic mass is 15.2. The summed E-state index contributed by atoms with van der Waals surface area (Å²) in [7, 11) is 0. The molecule has 1 aliphatic heterocycles. The van der Waals surface area contributed by atoms with Crippen LogP contribution in [-0.2, 0) is 6.42 Å². The zero-order valence-electron chi connectivity index (χ0n) is 13.7. The number of benzene rings is 3.